The molecular weight excluding hydrogens is 550 g/mol. The number of benzene rings is 2. The first-order valence-electron chi connectivity index (χ1n) is 15.0. The second-order valence-corrected chi connectivity index (χ2v) is 11.3. The van der Waals surface area contributed by atoms with Gasteiger partial charge in [-0.1, -0.05) is 36.4 Å². The number of rotatable bonds is 16. The summed E-state index contributed by atoms with van der Waals surface area (Å²) in [6.07, 6.45) is 4.48. The molecule has 43 heavy (non-hydrogen) atoms. The van der Waals surface area contributed by atoms with Crippen LogP contribution in [0.15, 0.2) is 47.3 Å². The fourth-order valence-corrected chi connectivity index (χ4v) is 5.49. The minimum absolute atomic E-state index is 0.171. The summed E-state index contributed by atoms with van der Waals surface area (Å²) in [5.74, 6) is -1.09. The van der Waals surface area contributed by atoms with Gasteiger partial charge < -0.3 is 20.9 Å². The molecule has 11 heteroatoms. The van der Waals surface area contributed by atoms with E-state index >= 15 is 0 Å². The van der Waals surface area contributed by atoms with E-state index < -0.39 is 11.9 Å². The number of piperidine rings is 1. The summed E-state index contributed by atoms with van der Waals surface area (Å²) in [6, 6.07) is 13.1. The maximum atomic E-state index is 13.1. The summed E-state index contributed by atoms with van der Waals surface area (Å²) in [5.41, 5.74) is 15.8. The summed E-state index contributed by atoms with van der Waals surface area (Å²) < 4.78 is 14.9. The molecule has 2 aromatic carbocycles. The Balaban J connectivity index is 1.19. The van der Waals surface area contributed by atoms with Gasteiger partial charge in [0.1, 0.15) is 6.04 Å². The van der Waals surface area contributed by atoms with E-state index in [4.69, 9.17) is 20.9 Å². The van der Waals surface area contributed by atoms with Crippen LogP contribution >= 0.6 is 0 Å². The monoisotopic (exact) mass is 593 g/mol. The van der Waals surface area contributed by atoms with E-state index in [1.807, 2.05) is 25.1 Å². The van der Waals surface area contributed by atoms with Crippen molar-refractivity contribution in [3.8, 4) is 0 Å². The van der Waals surface area contributed by atoms with E-state index in [0.717, 1.165) is 42.3 Å². The van der Waals surface area contributed by atoms with Gasteiger partial charge in [0.05, 0.1) is 23.7 Å². The maximum absolute atomic E-state index is 13.1. The number of imidazole rings is 1. The lowest BCUT2D eigenvalue weighted by Crippen LogP contribution is -2.44. The zero-order valence-electron chi connectivity index (χ0n) is 25.1. The van der Waals surface area contributed by atoms with Gasteiger partial charge in [-0.3, -0.25) is 28.8 Å². The van der Waals surface area contributed by atoms with Crippen molar-refractivity contribution >= 4 is 28.8 Å². The fraction of sp³-hybridized carbons (Fsp3) is 0.500. The van der Waals surface area contributed by atoms with Crippen LogP contribution in [-0.2, 0) is 50.4 Å². The van der Waals surface area contributed by atoms with Crippen LogP contribution in [-0.4, -0.2) is 52.2 Å². The lowest BCUT2D eigenvalue weighted by atomic mass is 10.0. The molecule has 2 heterocycles. The Morgan fingerprint density at radius 1 is 1.05 bits per heavy atom. The molecule has 1 aliphatic heterocycles. The molecule has 3 aromatic rings. The molecule has 3 atom stereocenters. The van der Waals surface area contributed by atoms with Crippen LogP contribution < -0.4 is 22.5 Å². The molecule has 1 aromatic heterocycles. The highest BCUT2D eigenvalue weighted by Gasteiger charge is 2.31. The number of aryl methyl sites for hydroxylation is 3. The Bertz CT molecular complexity index is 1480. The zero-order valence-corrected chi connectivity index (χ0v) is 25.1. The summed E-state index contributed by atoms with van der Waals surface area (Å²) >= 11 is 0. The Hall–Kier alpha value is -3.80. The molecule has 11 nitrogen and oxygen atoms in total. The second-order valence-electron chi connectivity index (χ2n) is 11.3. The minimum Gasteiger partial charge on any atom is -0.381 e. The van der Waals surface area contributed by atoms with Gasteiger partial charge in [0, 0.05) is 39.1 Å². The third-order valence-corrected chi connectivity index (χ3v) is 8.06. The summed E-state index contributed by atoms with van der Waals surface area (Å²) in [7, 11) is 1.72. The van der Waals surface area contributed by atoms with Crippen molar-refractivity contribution in [2.45, 2.75) is 83.1 Å². The van der Waals surface area contributed by atoms with Crippen molar-refractivity contribution in [3.63, 3.8) is 0 Å². The highest BCUT2D eigenvalue weighted by molar-refractivity contribution is 6.00. The Labute approximate surface area is 251 Å². The van der Waals surface area contributed by atoms with Crippen LogP contribution in [0.4, 0.5) is 0 Å². The van der Waals surface area contributed by atoms with Crippen molar-refractivity contribution in [2.75, 3.05) is 13.2 Å². The van der Waals surface area contributed by atoms with Crippen molar-refractivity contribution in [1.82, 2.24) is 14.5 Å². The molecule has 3 amide bonds. The highest BCUT2D eigenvalue weighted by Crippen LogP contribution is 2.25. The number of carbonyl (C=O) groups is 3. The summed E-state index contributed by atoms with van der Waals surface area (Å²) in [4.78, 5) is 48.1. The molecule has 1 aliphatic rings. The standard InChI is InChI=1S/C32H43N5O6/c1-21(25(33)14-16-28(34)38)43-20-23-12-10-22(11-13-23)6-4-18-42-19-5-8-24-7-3-9-26-30(24)36(2)32(41)37(26)27-15-17-29(39)35-31(27)40/h3,7,9-13,21,25,27H,4-6,8,14-20,33H2,1-2H3,(H2,34,38)(H,35,39,40)/t21-,25+,27?/m1/s1. The number of carbonyl (C=O) groups excluding carboxylic acids is 3. The number of nitrogens with one attached hydrogen (secondary N) is 1. The van der Waals surface area contributed by atoms with Gasteiger partial charge in [-0.05, 0) is 68.2 Å². The molecule has 0 aliphatic carbocycles. The van der Waals surface area contributed by atoms with Crippen LogP contribution in [0.2, 0.25) is 0 Å². The van der Waals surface area contributed by atoms with Crippen LogP contribution in [0, 0.1) is 0 Å². The van der Waals surface area contributed by atoms with Gasteiger partial charge in [0.15, 0.2) is 0 Å². The van der Waals surface area contributed by atoms with E-state index in [1.54, 1.807) is 11.6 Å². The minimum atomic E-state index is -0.690. The molecule has 5 N–H and O–H groups in total. The number of nitrogens with zero attached hydrogens (tertiary/aromatic N) is 2. The highest BCUT2D eigenvalue weighted by atomic mass is 16.5. The summed E-state index contributed by atoms with van der Waals surface area (Å²) in [5, 5.41) is 2.35. The predicted molar refractivity (Wildman–Crippen MR) is 163 cm³/mol. The van der Waals surface area contributed by atoms with E-state index in [0.29, 0.717) is 38.2 Å². The number of hydrogen-bond donors (Lipinski definition) is 3. The number of imide groups is 1. The Morgan fingerprint density at radius 3 is 2.44 bits per heavy atom. The lowest BCUT2D eigenvalue weighted by molar-refractivity contribution is -0.135. The number of aromatic nitrogens is 2. The number of amides is 3. The number of ether oxygens (including phenoxy) is 2. The van der Waals surface area contributed by atoms with E-state index in [-0.39, 0.29) is 42.5 Å². The van der Waals surface area contributed by atoms with Gasteiger partial charge in [-0.15, -0.1) is 0 Å². The van der Waals surface area contributed by atoms with Gasteiger partial charge in [0.2, 0.25) is 17.7 Å². The van der Waals surface area contributed by atoms with Crippen molar-refractivity contribution in [1.29, 1.82) is 0 Å². The third-order valence-electron chi connectivity index (χ3n) is 8.06. The SMILES string of the molecule is C[C@@H](OCc1ccc(CCCOCCCc2cccc3c2n(C)c(=O)n3C2CCC(=O)NC2=O)cc1)[C@@H](N)CCC(N)=O. The van der Waals surface area contributed by atoms with Crippen LogP contribution in [0.25, 0.3) is 11.0 Å². The van der Waals surface area contributed by atoms with E-state index in [2.05, 4.69) is 29.6 Å². The third kappa shape index (κ3) is 8.40. The van der Waals surface area contributed by atoms with Crippen molar-refractivity contribution in [3.05, 3.63) is 69.6 Å². The van der Waals surface area contributed by atoms with Crippen LogP contribution in [0.1, 0.15) is 68.2 Å². The Kier molecular flexibility index (Phi) is 11.3. The number of para-hydroxylation sites is 1. The van der Waals surface area contributed by atoms with Gasteiger partial charge in [-0.2, -0.15) is 0 Å². The molecule has 4 rings (SSSR count). The quantitative estimate of drug-likeness (QED) is 0.170. The number of nitrogens with two attached hydrogens (primary N) is 2. The average Bonchev–Trinajstić information content (AvgIpc) is 3.24. The Morgan fingerprint density at radius 2 is 1.74 bits per heavy atom. The molecule has 1 saturated heterocycles. The molecule has 1 unspecified atom stereocenters. The van der Waals surface area contributed by atoms with E-state index in [9.17, 15) is 19.2 Å². The van der Waals surface area contributed by atoms with Gasteiger partial charge >= 0.3 is 5.69 Å². The smallest absolute Gasteiger partial charge is 0.329 e. The number of fused-ring (bicyclic) bond motifs is 1. The first kappa shape index (κ1) is 32.1. The number of primary amides is 1. The van der Waals surface area contributed by atoms with Crippen molar-refractivity contribution < 1.29 is 23.9 Å². The molecular formula is C32H43N5O6. The normalized spacial score (nSPS) is 16.8. The lowest BCUT2D eigenvalue weighted by Gasteiger charge is -2.21. The fourth-order valence-electron chi connectivity index (χ4n) is 5.49. The molecule has 0 radical (unpaired) electrons. The van der Waals surface area contributed by atoms with Crippen molar-refractivity contribution in [2.24, 2.45) is 18.5 Å². The average molecular weight is 594 g/mol. The molecule has 1 fully saturated rings. The van der Waals surface area contributed by atoms with Crippen LogP contribution in [0.3, 0.4) is 0 Å². The predicted octanol–water partition coefficient (Wildman–Crippen LogP) is 2.40. The molecule has 232 valence electrons. The molecule has 0 saturated carbocycles. The van der Waals surface area contributed by atoms with Gasteiger partial charge in [0.25, 0.3) is 0 Å². The van der Waals surface area contributed by atoms with Gasteiger partial charge in [-0.25, -0.2) is 4.79 Å². The molecule has 0 bridgehead atoms. The largest absolute Gasteiger partial charge is 0.381 e. The maximum Gasteiger partial charge on any atom is 0.329 e. The van der Waals surface area contributed by atoms with Crippen LogP contribution in [0.5, 0.6) is 0 Å². The van der Waals surface area contributed by atoms with E-state index in [1.165, 1.54) is 10.1 Å². The first-order chi connectivity index (χ1) is 20.7. The zero-order chi connectivity index (χ0) is 30.9. The summed E-state index contributed by atoms with van der Waals surface area (Å²) in [6.45, 7) is 3.62. The number of hydrogen-bond acceptors (Lipinski definition) is 7. The molecule has 0 spiro atoms. The topological polar surface area (TPSA) is 161 Å². The second kappa shape index (κ2) is 15.1. The first-order valence-corrected chi connectivity index (χ1v) is 15.0.